The van der Waals surface area contributed by atoms with Gasteiger partial charge in [-0.3, -0.25) is 4.40 Å². The number of pyridine rings is 1. The maximum atomic E-state index is 5.76. The van der Waals surface area contributed by atoms with Crippen LogP contribution in [0.5, 0.6) is 5.75 Å². The summed E-state index contributed by atoms with van der Waals surface area (Å²) in [5.41, 5.74) is 6.73. The molecule has 3 heterocycles. The van der Waals surface area contributed by atoms with Gasteiger partial charge >= 0.3 is 0 Å². The Balaban J connectivity index is 1.56. The van der Waals surface area contributed by atoms with Gasteiger partial charge in [0.2, 0.25) is 0 Å². The molecular formula is C25H23N3O. The van der Waals surface area contributed by atoms with Gasteiger partial charge < -0.3 is 9.30 Å². The van der Waals surface area contributed by atoms with Crippen molar-refractivity contribution < 1.29 is 4.74 Å². The monoisotopic (exact) mass is 381 g/mol. The highest BCUT2D eigenvalue weighted by atomic mass is 16.5. The van der Waals surface area contributed by atoms with E-state index < -0.39 is 0 Å². The average Bonchev–Trinajstić information content (AvgIpc) is 3.31. The Bertz CT molecular complexity index is 1310. The van der Waals surface area contributed by atoms with Gasteiger partial charge in [-0.15, -0.1) is 0 Å². The number of aromatic nitrogens is 3. The highest BCUT2D eigenvalue weighted by Gasteiger charge is 2.09. The Morgan fingerprint density at radius 2 is 1.62 bits per heavy atom. The molecule has 5 rings (SSSR count). The summed E-state index contributed by atoms with van der Waals surface area (Å²) in [5, 5.41) is 1.25. The zero-order valence-electron chi connectivity index (χ0n) is 16.8. The van der Waals surface area contributed by atoms with E-state index in [0.717, 1.165) is 22.7 Å². The fourth-order valence-electron chi connectivity index (χ4n) is 3.80. The molecule has 0 amide bonds. The molecule has 0 saturated carbocycles. The zero-order chi connectivity index (χ0) is 20.0. The molecule has 0 fully saturated rings. The smallest absolute Gasteiger partial charge is 0.137 e. The molecule has 4 heteroatoms. The number of ether oxygens (including phenoxy) is 1. The van der Waals surface area contributed by atoms with Crippen molar-refractivity contribution in [1.29, 1.82) is 0 Å². The fourth-order valence-corrected chi connectivity index (χ4v) is 3.80. The summed E-state index contributed by atoms with van der Waals surface area (Å²) in [6, 6.07) is 21.2. The number of benzene rings is 2. The van der Waals surface area contributed by atoms with E-state index in [-0.39, 0.29) is 6.10 Å². The second-order valence-electron chi connectivity index (χ2n) is 7.68. The lowest BCUT2D eigenvalue weighted by atomic mass is 10.1. The Hall–Kier alpha value is -3.53. The summed E-state index contributed by atoms with van der Waals surface area (Å²) in [5.74, 6) is 0.884. The fraction of sp³-hybridized carbons (Fsp3) is 0.160. The quantitative estimate of drug-likeness (QED) is 0.385. The van der Waals surface area contributed by atoms with Crippen molar-refractivity contribution in [3.05, 3.63) is 79.3 Å². The predicted octanol–water partition coefficient (Wildman–Crippen LogP) is 5.95. The lowest BCUT2D eigenvalue weighted by Crippen LogP contribution is -2.05. The van der Waals surface area contributed by atoms with Crippen molar-refractivity contribution in [1.82, 2.24) is 14.0 Å². The van der Waals surface area contributed by atoms with Crippen molar-refractivity contribution in [2.24, 2.45) is 7.05 Å². The standard InChI is InChI=1S/C25H23N3O/c1-17(2)29-22-8-4-18(5-9-22)24-15-26-25-11-7-21(16-28(24)25)19-6-10-23-20(14-19)12-13-27(23)3/h4-17H,1-3H3. The third kappa shape index (κ3) is 3.17. The van der Waals surface area contributed by atoms with E-state index in [2.05, 4.69) is 81.9 Å². The number of hydrogen-bond donors (Lipinski definition) is 0. The maximum absolute atomic E-state index is 5.76. The summed E-state index contributed by atoms with van der Waals surface area (Å²) in [4.78, 5) is 4.58. The largest absolute Gasteiger partial charge is 0.491 e. The van der Waals surface area contributed by atoms with E-state index in [1.165, 1.54) is 22.0 Å². The van der Waals surface area contributed by atoms with E-state index in [1.54, 1.807) is 0 Å². The topological polar surface area (TPSA) is 31.5 Å². The first-order valence-corrected chi connectivity index (χ1v) is 9.88. The summed E-state index contributed by atoms with van der Waals surface area (Å²) in [7, 11) is 2.07. The zero-order valence-corrected chi connectivity index (χ0v) is 16.8. The molecule has 0 atom stereocenters. The number of imidazole rings is 1. The van der Waals surface area contributed by atoms with E-state index >= 15 is 0 Å². The van der Waals surface area contributed by atoms with Crippen LogP contribution in [0.4, 0.5) is 0 Å². The molecule has 0 N–H and O–H groups in total. The number of fused-ring (bicyclic) bond motifs is 2. The maximum Gasteiger partial charge on any atom is 0.137 e. The van der Waals surface area contributed by atoms with Crippen molar-refractivity contribution in [3.63, 3.8) is 0 Å². The van der Waals surface area contributed by atoms with Gasteiger partial charge in [-0.25, -0.2) is 4.98 Å². The first-order chi connectivity index (χ1) is 14.1. The molecule has 0 bridgehead atoms. The minimum absolute atomic E-state index is 0.168. The van der Waals surface area contributed by atoms with E-state index in [9.17, 15) is 0 Å². The van der Waals surface area contributed by atoms with Crippen LogP contribution in [0.1, 0.15) is 13.8 Å². The number of nitrogens with zero attached hydrogens (tertiary/aromatic N) is 3. The van der Waals surface area contributed by atoms with Crippen molar-refractivity contribution in [3.8, 4) is 28.1 Å². The van der Waals surface area contributed by atoms with Crippen LogP contribution in [0.3, 0.4) is 0 Å². The molecule has 0 spiro atoms. The van der Waals surface area contributed by atoms with Crippen molar-refractivity contribution in [2.75, 3.05) is 0 Å². The SMILES string of the molecule is CC(C)Oc1ccc(-c2cnc3ccc(-c4ccc5c(ccn5C)c4)cn23)cc1. The van der Waals surface area contributed by atoms with Gasteiger partial charge in [0.15, 0.2) is 0 Å². The molecule has 0 aliphatic heterocycles. The Morgan fingerprint density at radius 1 is 0.862 bits per heavy atom. The number of hydrogen-bond acceptors (Lipinski definition) is 2. The van der Waals surface area contributed by atoms with Crippen LogP contribution < -0.4 is 4.74 Å². The van der Waals surface area contributed by atoms with Gasteiger partial charge in [0.1, 0.15) is 11.4 Å². The molecule has 0 aliphatic carbocycles. The molecule has 0 aliphatic rings. The van der Waals surface area contributed by atoms with Crippen LogP contribution in [0, 0.1) is 0 Å². The highest BCUT2D eigenvalue weighted by molar-refractivity contribution is 5.85. The molecule has 0 radical (unpaired) electrons. The third-order valence-electron chi connectivity index (χ3n) is 5.25. The average molecular weight is 381 g/mol. The molecule has 29 heavy (non-hydrogen) atoms. The minimum Gasteiger partial charge on any atom is -0.491 e. The van der Waals surface area contributed by atoms with Crippen molar-refractivity contribution in [2.45, 2.75) is 20.0 Å². The van der Waals surface area contributed by atoms with Crippen LogP contribution in [0.15, 0.2) is 79.3 Å². The van der Waals surface area contributed by atoms with Crippen LogP contribution in [-0.2, 0) is 7.05 Å². The summed E-state index contributed by atoms with van der Waals surface area (Å²) < 4.78 is 10.1. The van der Waals surface area contributed by atoms with Crippen LogP contribution in [-0.4, -0.2) is 20.1 Å². The molecule has 4 nitrogen and oxygen atoms in total. The third-order valence-corrected chi connectivity index (χ3v) is 5.25. The molecule has 0 unspecified atom stereocenters. The first-order valence-electron chi connectivity index (χ1n) is 9.88. The molecule has 0 saturated heterocycles. The molecule has 144 valence electrons. The van der Waals surface area contributed by atoms with Gasteiger partial charge in [-0.1, -0.05) is 6.07 Å². The minimum atomic E-state index is 0.168. The summed E-state index contributed by atoms with van der Waals surface area (Å²) >= 11 is 0. The number of rotatable bonds is 4. The van der Waals surface area contributed by atoms with Crippen LogP contribution >= 0.6 is 0 Å². The van der Waals surface area contributed by atoms with E-state index in [4.69, 9.17) is 4.74 Å². The Labute approximate surface area is 170 Å². The van der Waals surface area contributed by atoms with Gasteiger partial charge in [0.25, 0.3) is 0 Å². The van der Waals surface area contributed by atoms with E-state index in [1.807, 2.05) is 32.2 Å². The Kier molecular flexibility index (Phi) is 4.13. The van der Waals surface area contributed by atoms with Gasteiger partial charge in [0, 0.05) is 35.9 Å². The molecular weight excluding hydrogens is 358 g/mol. The molecule has 5 aromatic rings. The van der Waals surface area contributed by atoms with Crippen LogP contribution in [0.25, 0.3) is 38.9 Å². The first kappa shape index (κ1) is 17.6. The van der Waals surface area contributed by atoms with Crippen LogP contribution in [0.2, 0.25) is 0 Å². The second kappa shape index (κ2) is 6.82. The highest BCUT2D eigenvalue weighted by Crippen LogP contribution is 2.28. The normalized spacial score (nSPS) is 11.6. The second-order valence-corrected chi connectivity index (χ2v) is 7.68. The summed E-state index contributed by atoms with van der Waals surface area (Å²) in [6.07, 6.45) is 6.36. The van der Waals surface area contributed by atoms with Gasteiger partial charge in [-0.2, -0.15) is 0 Å². The number of aryl methyl sites for hydroxylation is 1. The van der Waals surface area contributed by atoms with Gasteiger partial charge in [-0.05, 0) is 79.6 Å². The van der Waals surface area contributed by atoms with Crippen molar-refractivity contribution >= 4 is 16.6 Å². The van der Waals surface area contributed by atoms with E-state index in [0.29, 0.717) is 0 Å². The predicted molar refractivity (Wildman–Crippen MR) is 118 cm³/mol. The Morgan fingerprint density at radius 3 is 2.41 bits per heavy atom. The molecule has 2 aromatic carbocycles. The lowest BCUT2D eigenvalue weighted by Gasteiger charge is -2.10. The molecule has 3 aromatic heterocycles. The van der Waals surface area contributed by atoms with Gasteiger partial charge in [0.05, 0.1) is 18.0 Å². The lowest BCUT2D eigenvalue weighted by molar-refractivity contribution is 0.242. The summed E-state index contributed by atoms with van der Waals surface area (Å²) in [6.45, 7) is 4.07.